The molecule has 1 aromatic rings. The van der Waals surface area contributed by atoms with Crippen LogP contribution in [-0.4, -0.2) is 18.3 Å². The summed E-state index contributed by atoms with van der Waals surface area (Å²) in [6.45, 7) is 1.68. The van der Waals surface area contributed by atoms with Crippen LogP contribution in [0.15, 0.2) is 12.1 Å². The first-order chi connectivity index (χ1) is 8.11. The van der Waals surface area contributed by atoms with Gasteiger partial charge in [-0.15, -0.1) is 0 Å². The first kappa shape index (κ1) is 12.5. The molecule has 0 aromatic heterocycles. The molecular weight excluding hydrogens is 240 g/mol. The van der Waals surface area contributed by atoms with E-state index in [1.807, 2.05) is 0 Å². The van der Waals surface area contributed by atoms with Gasteiger partial charge in [0.25, 0.3) is 0 Å². The number of benzene rings is 1. The second-order valence-corrected chi connectivity index (χ2v) is 4.78. The van der Waals surface area contributed by atoms with Gasteiger partial charge in [0.15, 0.2) is 11.5 Å². The molecule has 3 nitrogen and oxygen atoms in total. The Bertz CT molecular complexity index is 400. The van der Waals surface area contributed by atoms with Gasteiger partial charge in [-0.3, -0.25) is 0 Å². The summed E-state index contributed by atoms with van der Waals surface area (Å²) in [5.41, 5.74) is 0.668. The second-order valence-electron chi connectivity index (χ2n) is 4.37. The van der Waals surface area contributed by atoms with E-state index in [1.54, 1.807) is 26.2 Å². The van der Waals surface area contributed by atoms with Crippen molar-refractivity contribution in [3.8, 4) is 11.5 Å². The number of aliphatic hydroxyl groups excluding tert-OH is 1. The third kappa shape index (κ3) is 2.67. The summed E-state index contributed by atoms with van der Waals surface area (Å²) in [4.78, 5) is 0. The van der Waals surface area contributed by atoms with E-state index in [0.29, 0.717) is 22.1 Å². The lowest BCUT2D eigenvalue weighted by Crippen LogP contribution is -2.24. The predicted octanol–water partition coefficient (Wildman–Crippen LogP) is 3.33. The number of methoxy groups -OCH3 is 1. The van der Waals surface area contributed by atoms with Crippen LogP contribution >= 0.6 is 11.6 Å². The maximum Gasteiger partial charge on any atom is 0.162 e. The summed E-state index contributed by atoms with van der Waals surface area (Å²) >= 11 is 6.06. The summed E-state index contributed by atoms with van der Waals surface area (Å²) in [6.07, 6.45) is 3.03. The zero-order chi connectivity index (χ0) is 12.4. The van der Waals surface area contributed by atoms with E-state index in [9.17, 15) is 5.11 Å². The molecule has 2 rings (SSSR count). The van der Waals surface area contributed by atoms with Crippen molar-refractivity contribution in [1.82, 2.24) is 0 Å². The Hall–Kier alpha value is -0.930. The normalized spacial score (nSPS) is 17.4. The molecule has 17 heavy (non-hydrogen) atoms. The van der Waals surface area contributed by atoms with E-state index < -0.39 is 6.10 Å². The summed E-state index contributed by atoms with van der Waals surface area (Å²) in [7, 11) is 1.58. The van der Waals surface area contributed by atoms with Crippen LogP contribution in [0.2, 0.25) is 5.02 Å². The van der Waals surface area contributed by atoms with Gasteiger partial charge in [-0.05, 0) is 32.3 Å². The van der Waals surface area contributed by atoms with Gasteiger partial charge in [0.2, 0.25) is 0 Å². The molecule has 1 aliphatic rings. The Labute approximate surface area is 106 Å². The minimum absolute atomic E-state index is 0.270. The summed E-state index contributed by atoms with van der Waals surface area (Å²) in [6, 6.07) is 3.46. The van der Waals surface area contributed by atoms with E-state index in [-0.39, 0.29) is 6.10 Å². The third-order valence-electron chi connectivity index (χ3n) is 3.08. The number of hydrogen-bond acceptors (Lipinski definition) is 3. The smallest absolute Gasteiger partial charge is 0.162 e. The van der Waals surface area contributed by atoms with Gasteiger partial charge in [0.05, 0.1) is 24.3 Å². The topological polar surface area (TPSA) is 38.7 Å². The molecule has 94 valence electrons. The van der Waals surface area contributed by atoms with Crippen LogP contribution in [0.1, 0.15) is 37.9 Å². The van der Waals surface area contributed by atoms with Gasteiger partial charge in [-0.2, -0.15) is 0 Å². The lowest BCUT2D eigenvalue weighted by Gasteiger charge is -2.27. The van der Waals surface area contributed by atoms with Gasteiger partial charge < -0.3 is 14.6 Å². The Morgan fingerprint density at radius 1 is 1.35 bits per heavy atom. The highest BCUT2D eigenvalue weighted by Gasteiger charge is 2.22. The van der Waals surface area contributed by atoms with E-state index in [0.717, 1.165) is 12.8 Å². The zero-order valence-electron chi connectivity index (χ0n) is 10.1. The van der Waals surface area contributed by atoms with Crippen molar-refractivity contribution in [2.24, 2.45) is 0 Å². The molecule has 0 heterocycles. The van der Waals surface area contributed by atoms with Gasteiger partial charge in [0, 0.05) is 11.6 Å². The van der Waals surface area contributed by atoms with Crippen LogP contribution in [0, 0.1) is 0 Å². The minimum atomic E-state index is -0.614. The molecule has 0 spiro atoms. The second kappa shape index (κ2) is 5.15. The highest BCUT2D eigenvalue weighted by Crippen LogP contribution is 2.38. The summed E-state index contributed by atoms with van der Waals surface area (Å²) < 4.78 is 11.1. The average Bonchev–Trinajstić information content (AvgIpc) is 2.23. The molecule has 1 aliphatic carbocycles. The van der Waals surface area contributed by atoms with Crippen LogP contribution in [0.3, 0.4) is 0 Å². The molecule has 1 atom stereocenters. The largest absolute Gasteiger partial charge is 0.493 e. The Morgan fingerprint density at radius 2 is 2.06 bits per heavy atom. The maximum absolute atomic E-state index is 9.62. The van der Waals surface area contributed by atoms with Crippen LogP contribution in [0.5, 0.6) is 11.5 Å². The number of aliphatic hydroxyl groups is 1. The fourth-order valence-electron chi connectivity index (χ4n) is 1.79. The van der Waals surface area contributed by atoms with Crippen LogP contribution < -0.4 is 9.47 Å². The third-order valence-corrected chi connectivity index (χ3v) is 3.41. The first-order valence-corrected chi connectivity index (χ1v) is 6.21. The van der Waals surface area contributed by atoms with Crippen LogP contribution in [-0.2, 0) is 0 Å². The Morgan fingerprint density at radius 3 is 2.53 bits per heavy atom. The highest BCUT2D eigenvalue weighted by molar-refractivity contribution is 6.31. The van der Waals surface area contributed by atoms with E-state index in [2.05, 4.69) is 0 Å². The highest BCUT2D eigenvalue weighted by atomic mass is 35.5. The van der Waals surface area contributed by atoms with Gasteiger partial charge in [-0.1, -0.05) is 11.6 Å². The monoisotopic (exact) mass is 256 g/mol. The van der Waals surface area contributed by atoms with Gasteiger partial charge >= 0.3 is 0 Å². The van der Waals surface area contributed by atoms with Crippen molar-refractivity contribution in [1.29, 1.82) is 0 Å². The van der Waals surface area contributed by atoms with Crippen molar-refractivity contribution in [2.75, 3.05) is 7.11 Å². The predicted molar refractivity (Wildman–Crippen MR) is 66.9 cm³/mol. The number of hydrogen-bond donors (Lipinski definition) is 1. The lowest BCUT2D eigenvalue weighted by atomic mass is 9.96. The molecule has 4 heteroatoms. The van der Waals surface area contributed by atoms with Gasteiger partial charge in [0.1, 0.15) is 0 Å². The summed E-state index contributed by atoms with van der Waals surface area (Å²) in [5.74, 6) is 1.28. The molecule has 0 aliphatic heterocycles. The molecule has 1 fully saturated rings. The van der Waals surface area contributed by atoms with E-state index in [4.69, 9.17) is 21.1 Å². The Kier molecular flexibility index (Phi) is 3.79. The van der Waals surface area contributed by atoms with Crippen molar-refractivity contribution in [2.45, 2.75) is 38.4 Å². The summed E-state index contributed by atoms with van der Waals surface area (Å²) in [5, 5.41) is 10.1. The molecule has 1 aromatic carbocycles. The lowest BCUT2D eigenvalue weighted by molar-refractivity contribution is 0.115. The van der Waals surface area contributed by atoms with Crippen molar-refractivity contribution >= 4 is 11.6 Å². The minimum Gasteiger partial charge on any atom is -0.493 e. The number of rotatable bonds is 4. The van der Waals surface area contributed by atoms with Crippen molar-refractivity contribution < 1.29 is 14.6 Å². The van der Waals surface area contributed by atoms with Crippen LogP contribution in [0.25, 0.3) is 0 Å². The molecule has 0 saturated heterocycles. The first-order valence-electron chi connectivity index (χ1n) is 5.84. The number of ether oxygens (including phenoxy) is 2. The van der Waals surface area contributed by atoms with Crippen molar-refractivity contribution in [3.63, 3.8) is 0 Å². The molecule has 1 saturated carbocycles. The fourth-order valence-corrected chi connectivity index (χ4v) is 2.10. The zero-order valence-corrected chi connectivity index (χ0v) is 10.8. The SMILES string of the molecule is COc1cc(Cl)c(C(C)O)cc1OC1CCC1. The maximum atomic E-state index is 9.62. The molecule has 1 N–H and O–H groups in total. The molecule has 0 bridgehead atoms. The van der Waals surface area contributed by atoms with E-state index >= 15 is 0 Å². The molecule has 0 amide bonds. The standard InChI is InChI=1S/C13H17ClO3/c1-8(15)10-6-13(17-9-4-3-5-9)12(16-2)7-11(10)14/h6-9,15H,3-5H2,1-2H3. The van der Waals surface area contributed by atoms with Crippen molar-refractivity contribution in [3.05, 3.63) is 22.7 Å². The van der Waals surface area contributed by atoms with E-state index in [1.165, 1.54) is 6.42 Å². The number of halogens is 1. The fraction of sp³-hybridized carbons (Fsp3) is 0.538. The quantitative estimate of drug-likeness (QED) is 0.898. The molecule has 0 radical (unpaired) electrons. The molecular formula is C13H17ClO3. The van der Waals surface area contributed by atoms with Gasteiger partial charge in [-0.25, -0.2) is 0 Å². The molecule has 1 unspecified atom stereocenters. The average molecular weight is 257 g/mol. The Balaban J connectivity index is 2.29. The van der Waals surface area contributed by atoms with Crippen LogP contribution in [0.4, 0.5) is 0 Å².